The molecular weight excluding hydrogens is 384 g/mol. The summed E-state index contributed by atoms with van der Waals surface area (Å²) in [5.41, 5.74) is 2.22. The minimum Gasteiger partial charge on any atom is -0.379 e. The second-order valence-electron chi connectivity index (χ2n) is 6.07. The van der Waals surface area contributed by atoms with Gasteiger partial charge in [0.2, 0.25) is 10.0 Å². The maximum atomic E-state index is 12.6. The highest BCUT2D eigenvalue weighted by Gasteiger charge is 2.21. The molecule has 0 saturated carbocycles. The van der Waals surface area contributed by atoms with E-state index in [0.29, 0.717) is 32.7 Å². The molecule has 0 spiro atoms. The summed E-state index contributed by atoms with van der Waals surface area (Å²) in [5, 5.41) is 13.9. The number of sulfonamides is 1. The lowest BCUT2D eigenvalue weighted by atomic mass is 10.1. The Labute approximate surface area is 163 Å². The third kappa shape index (κ3) is 3.74. The highest BCUT2D eigenvalue weighted by atomic mass is 35.5. The standard InChI is InChI=1S/C19H17ClN4O2S/c1-24(2)27(25,26)18-6-4-3-5-13(18)11-23-19-14(10-21)12-22-17-8-7-15(20)9-16(17)19/h3-9,12H,11H2,1-2H3,(H,22,23). The molecule has 138 valence electrons. The first-order chi connectivity index (χ1) is 12.8. The first-order valence-electron chi connectivity index (χ1n) is 8.07. The molecule has 1 aromatic heterocycles. The molecule has 0 radical (unpaired) electrons. The summed E-state index contributed by atoms with van der Waals surface area (Å²) >= 11 is 6.10. The van der Waals surface area contributed by atoms with E-state index in [-0.39, 0.29) is 11.4 Å². The van der Waals surface area contributed by atoms with Crippen LogP contribution in [-0.2, 0) is 16.6 Å². The Hall–Kier alpha value is -2.66. The Morgan fingerprint density at radius 1 is 1.22 bits per heavy atom. The number of nitrogens with one attached hydrogen (secondary N) is 1. The smallest absolute Gasteiger partial charge is 0.242 e. The molecule has 0 aliphatic rings. The van der Waals surface area contributed by atoms with Crippen LogP contribution in [0.4, 0.5) is 5.69 Å². The summed E-state index contributed by atoms with van der Waals surface area (Å²) in [6, 6.07) is 14.1. The van der Waals surface area contributed by atoms with Gasteiger partial charge in [0.25, 0.3) is 0 Å². The summed E-state index contributed by atoms with van der Waals surface area (Å²) in [5.74, 6) is 0. The summed E-state index contributed by atoms with van der Waals surface area (Å²) in [4.78, 5) is 4.48. The number of fused-ring (bicyclic) bond motifs is 1. The molecule has 1 N–H and O–H groups in total. The Bertz CT molecular complexity index is 1150. The molecule has 6 nitrogen and oxygen atoms in total. The van der Waals surface area contributed by atoms with Crippen molar-refractivity contribution in [2.24, 2.45) is 0 Å². The van der Waals surface area contributed by atoms with E-state index in [2.05, 4.69) is 16.4 Å². The average Bonchev–Trinajstić information content (AvgIpc) is 2.66. The van der Waals surface area contributed by atoms with E-state index in [1.807, 2.05) is 0 Å². The van der Waals surface area contributed by atoms with Gasteiger partial charge < -0.3 is 5.32 Å². The Kier molecular flexibility index (Phi) is 5.33. The van der Waals surface area contributed by atoms with Crippen molar-refractivity contribution in [3.8, 4) is 6.07 Å². The maximum Gasteiger partial charge on any atom is 0.242 e. The number of aromatic nitrogens is 1. The lowest BCUT2D eigenvalue weighted by Gasteiger charge is -2.17. The van der Waals surface area contributed by atoms with Crippen molar-refractivity contribution in [2.45, 2.75) is 11.4 Å². The number of nitrogens with zero attached hydrogens (tertiary/aromatic N) is 3. The van der Waals surface area contributed by atoms with Crippen molar-refractivity contribution in [3.05, 3.63) is 64.8 Å². The number of halogens is 1. The van der Waals surface area contributed by atoms with E-state index in [9.17, 15) is 13.7 Å². The van der Waals surface area contributed by atoms with Crippen molar-refractivity contribution >= 4 is 38.2 Å². The first-order valence-corrected chi connectivity index (χ1v) is 9.89. The molecule has 0 saturated heterocycles. The van der Waals surface area contributed by atoms with E-state index in [1.165, 1.54) is 24.6 Å². The van der Waals surface area contributed by atoms with Crippen LogP contribution in [0.1, 0.15) is 11.1 Å². The highest BCUT2D eigenvalue weighted by molar-refractivity contribution is 7.89. The van der Waals surface area contributed by atoms with Gasteiger partial charge >= 0.3 is 0 Å². The number of pyridine rings is 1. The van der Waals surface area contributed by atoms with Gasteiger partial charge in [0.1, 0.15) is 6.07 Å². The fourth-order valence-corrected chi connectivity index (χ4v) is 4.01. The zero-order chi connectivity index (χ0) is 19.6. The van der Waals surface area contributed by atoms with Crippen LogP contribution in [0.25, 0.3) is 10.9 Å². The Morgan fingerprint density at radius 3 is 2.67 bits per heavy atom. The number of anilines is 1. The quantitative estimate of drug-likeness (QED) is 0.706. The van der Waals surface area contributed by atoms with Gasteiger partial charge in [-0.2, -0.15) is 5.26 Å². The number of hydrogen-bond acceptors (Lipinski definition) is 5. The van der Waals surface area contributed by atoms with Crippen LogP contribution < -0.4 is 5.32 Å². The molecule has 1 heterocycles. The Balaban J connectivity index is 2.04. The molecule has 0 unspecified atom stereocenters. The average molecular weight is 401 g/mol. The van der Waals surface area contributed by atoms with Gasteiger partial charge in [-0.3, -0.25) is 4.98 Å². The highest BCUT2D eigenvalue weighted by Crippen LogP contribution is 2.29. The summed E-state index contributed by atoms with van der Waals surface area (Å²) in [7, 11) is -0.598. The lowest BCUT2D eigenvalue weighted by Crippen LogP contribution is -2.23. The predicted molar refractivity (Wildman–Crippen MR) is 106 cm³/mol. The molecule has 3 aromatic rings. The fourth-order valence-electron chi connectivity index (χ4n) is 2.72. The third-order valence-electron chi connectivity index (χ3n) is 4.14. The van der Waals surface area contributed by atoms with E-state index in [4.69, 9.17) is 11.6 Å². The largest absolute Gasteiger partial charge is 0.379 e. The zero-order valence-corrected chi connectivity index (χ0v) is 16.3. The molecule has 8 heteroatoms. The van der Waals surface area contributed by atoms with Gasteiger partial charge in [-0.1, -0.05) is 29.8 Å². The van der Waals surface area contributed by atoms with Gasteiger partial charge in [-0.25, -0.2) is 12.7 Å². The fraction of sp³-hybridized carbons (Fsp3) is 0.158. The van der Waals surface area contributed by atoms with Gasteiger partial charge in [-0.05, 0) is 29.8 Å². The lowest BCUT2D eigenvalue weighted by molar-refractivity contribution is 0.520. The molecule has 0 aliphatic carbocycles. The van der Waals surface area contributed by atoms with E-state index in [0.717, 1.165) is 0 Å². The molecule has 0 fully saturated rings. The maximum absolute atomic E-state index is 12.6. The van der Waals surface area contributed by atoms with Crippen molar-refractivity contribution in [3.63, 3.8) is 0 Å². The van der Waals surface area contributed by atoms with Crippen LogP contribution in [0.2, 0.25) is 5.02 Å². The number of benzene rings is 2. The van der Waals surface area contributed by atoms with E-state index in [1.54, 1.807) is 42.5 Å². The molecule has 0 atom stereocenters. The molecule has 27 heavy (non-hydrogen) atoms. The second-order valence-corrected chi connectivity index (χ2v) is 8.63. The summed E-state index contributed by atoms with van der Waals surface area (Å²) in [6.07, 6.45) is 1.49. The molecule has 0 aliphatic heterocycles. The normalized spacial score (nSPS) is 11.5. The van der Waals surface area contributed by atoms with Crippen LogP contribution in [0.5, 0.6) is 0 Å². The number of rotatable bonds is 5. The molecule has 2 aromatic carbocycles. The van der Waals surface area contributed by atoms with Crippen LogP contribution in [0.3, 0.4) is 0 Å². The first kappa shape index (κ1) is 19.1. The summed E-state index contributed by atoms with van der Waals surface area (Å²) < 4.78 is 26.3. The SMILES string of the molecule is CN(C)S(=O)(=O)c1ccccc1CNc1c(C#N)cnc2ccc(Cl)cc12. The topological polar surface area (TPSA) is 86.1 Å². The van der Waals surface area contributed by atoms with Crippen molar-refractivity contribution in [1.29, 1.82) is 5.26 Å². The van der Waals surface area contributed by atoms with Crippen LogP contribution in [0, 0.1) is 11.3 Å². The van der Waals surface area contributed by atoms with Crippen molar-refractivity contribution < 1.29 is 8.42 Å². The minimum atomic E-state index is -3.58. The van der Waals surface area contributed by atoms with E-state index >= 15 is 0 Å². The predicted octanol–water partition coefficient (Wildman–Crippen LogP) is 3.62. The van der Waals surface area contributed by atoms with Crippen LogP contribution in [-0.4, -0.2) is 31.8 Å². The molecule has 0 amide bonds. The minimum absolute atomic E-state index is 0.220. The van der Waals surface area contributed by atoms with Crippen molar-refractivity contribution in [2.75, 3.05) is 19.4 Å². The number of hydrogen-bond donors (Lipinski definition) is 1. The van der Waals surface area contributed by atoms with Gasteiger partial charge in [0.15, 0.2) is 0 Å². The Morgan fingerprint density at radius 2 is 1.96 bits per heavy atom. The molecular formula is C19H17ClN4O2S. The third-order valence-corrected chi connectivity index (χ3v) is 6.29. The van der Waals surface area contributed by atoms with Gasteiger partial charge in [0, 0.05) is 37.2 Å². The second kappa shape index (κ2) is 7.53. The molecule has 0 bridgehead atoms. The monoisotopic (exact) mass is 400 g/mol. The van der Waals surface area contributed by atoms with Gasteiger partial charge in [-0.15, -0.1) is 0 Å². The van der Waals surface area contributed by atoms with Crippen molar-refractivity contribution in [1.82, 2.24) is 9.29 Å². The zero-order valence-electron chi connectivity index (χ0n) is 14.8. The van der Waals surface area contributed by atoms with Crippen LogP contribution in [0.15, 0.2) is 53.6 Å². The van der Waals surface area contributed by atoms with Gasteiger partial charge in [0.05, 0.1) is 21.7 Å². The summed E-state index contributed by atoms with van der Waals surface area (Å²) in [6.45, 7) is 0.226. The number of nitriles is 1. The molecule has 3 rings (SSSR count). The van der Waals surface area contributed by atoms with Crippen LogP contribution >= 0.6 is 11.6 Å². The van der Waals surface area contributed by atoms with E-state index < -0.39 is 10.0 Å².